The van der Waals surface area contributed by atoms with Crippen molar-refractivity contribution in [3.8, 4) is 0 Å². The maximum absolute atomic E-state index is 15.1. The summed E-state index contributed by atoms with van der Waals surface area (Å²) < 4.78 is 29.0. The lowest BCUT2D eigenvalue weighted by Crippen LogP contribution is -2.54. The molecule has 42 heavy (non-hydrogen) atoms. The number of nitrogens with zero attached hydrogens (tertiary/aromatic N) is 3. The lowest BCUT2D eigenvalue weighted by atomic mass is 9.74. The van der Waals surface area contributed by atoms with Crippen LogP contribution < -0.4 is 5.73 Å². The van der Waals surface area contributed by atoms with Crippen LogP contribution in [0.1, 0.15) is 106 Å². The minimum atomic E-state index is -0.626. The largest absolute Gasteiger partial charge is 0.336 e. The van der Waals surface area contributed by atoms with E-state index in [9.17, 15) is 14.0 Å². The fraction of sp³-hybridized carbons (Fsp3) is 0.765. The summed E-state index contributed by atoms with van der Waals surface area (Å²) in [6.45, 7) is 20.1. The van der Waals surface area contributed by atoms with Crippen LogP contribution in [0.4, 0.5) is 8.78 Å². The summed E-state index contributed by atoms with van der Waals surface area (Å²) >= 11 is 0. The van der Waals surface area contributed by atoms with Crippen molar-refractivity contribution in [3.63, 3.8) is 0 Å². The molecule has 236 valence electrons. The Morgan fingerprint density at radius 1 is 1.00 bits per heavy atom. The zero-order valence-electron chi connectivity index (χ0n) is 27.3. The minimum absolute atomic E-state index is 0.0480. The van der Waals surface area contributed by atoms with Gasteiger partial charge < -0.3 is 15.5 Å². The first-order chi connectivity index (χ1) is 19.3. The van der Waals surface area contributed by atoms with Crippen LogP contribution >= 0.6 is 0 Å². The van der Waals surface area contributed by atoms with Crippen molar-refractivity contribution >= 4 is 11.8 Å². The molecule has 1 saturated carbocycles. The highest BCUT2D eigenvalue weighted by Gasteiger charge is 2.50. The third-order valence-corrected chi connectivity index (χ3v) is 10.1. The SMILES string of the molecule is CC(N)[C@@H]1C[C@H](N(C(=O)C(C)(C)C)C2CCC(C)(C)CC2)CN1C(=O)[C@@H]1CN(C(C)(C)C)C[C@H]1c1ccc(F)cc1F. The highest BCUT2D eigenvalue weighted by Crippen LogP contribution is 2.42. The van der Waals surface area contributed by atoms with Gasteiger partial charge in [-0.15, -0.1) is 0 Å². The minimum Gasteiger partial charge on any atom is -0.336 e. The second-order valence-corrected chi connectivity index (χ2v) is 16.1. The van der Waals surface area contributed by atoms with Gasteiger partial charge in [0, 0.05) is 60.7 Å². The van der Waals surface area contributed by atoms with Crippen LogP contribution in [0.3, 0.4) is 0 Å². The molecule has 2 amide bonds. The van der Waals surface area contributed by atoms with Crippen molar-refractivity contribution in [2.45, 2.75) is 130 Å². The Labute approximate surface area is 252 Å². The number of carbonyl (C=O) groups is 2. The van der Waals surface area contributed by atoms with E-state index in [1.165, 1.54) is 12.1 Å². The summed E-state index contributed by atoms with van der Waals surface area (Å²) in [5.41, 5.74) is 6.42. The third kappa shape index (κ3) is 6.85. The highest BCUT2D eigenvalue weighted by molar-refractivity contribution is 5.84. The molecule has 2 heterocycles. The van der Waals surface area contributed by atoms with E-state index in [4.69, 9.17) is 5.73 Å². The van der Waals surface area contributed by atoms with E-state index in [1.54, 1.807) is 0 Å². The molecule has 2 aliphatic heterocycles. The third-order valence-electron chi connectivity index (χ3n) is 10.1. The van der Waals surface area contributed by atoms with Gasteiger partial charge >= 0.3 is 0 Å². The van der Waals surface area contributed by atoms with E-state index in [0.717, 1.165) is 31.7 Å². The molecule has 2 N–H and O–H groups in total. The molecule has 1 aromatic carbocycles. The Hall–Kier alpha value is -2.06. The normalized spacial score (nSPS) is 28.2. The number of hydrogen-bond donors (Lipinski definition) is 1. The van der Waals surface area contributed by atoms with Gasteiger partial charge in [-0.05, 0) is 76.8 Å². The molecule has 1 unspecified atom stereocenters. The molecule has 2 saturated heterocycles. The number of hydrogen-bond acceptors (Lipinski definition) is 4. The Bertz CT molecular complexity index is 1150. The van der Waals surface area contributed by atoms with E-state index < -0.39 is 28.9 Å². The number of likely N-dealkylation sites (tertiary alicyclic amines) is 2. The van der Waals surface area contributed by atoms with Crippen LogP contribution in [0.25, 0.3) is 0 Å². The van der Waals surface area contributed by atoms with Crippen LogP contribution in [0.15, 0.2) is 18.2 Å². The lowest BCUT2D eigenvalue weighted by molar-refractivity contribution is -0.147. The van der Waals surface area contributed by atoms with E-state index in [1.807, 2.05) is 32.6 Å². The summed E-state index contributed by atoms with van der Waals surface area (Å²) in [6.07, 6.45) is 4.67. The van der Waals surface area contributed by atoms with Crippen molar-refractivity contribution in [2.24, 2.45) is 22.5 Å². The summed E-state index contributed by atoms with van der Waals surface area (Å²) in [5, 5.41) is 0. The molecule has 3 aliphatic rings. The number of nitrogens with two attached hydrogens (primary N) is 1. The summed E-state index contributed by atoms with van der Waals surface area (Å²) in [6, 6.07) is 3.20. The quantitative estimate of drug-likeness (QED) is 0.462. The monoisotopic (exact) mass is 588 g/mol. The lowest BCUT2D eigenvalue weighted by Gasteiger charge is -2.45. The zero-order valence-corrected chi connectivity index (χ0v) is 27.3. The molecule has 4 rings (SSSR count). The smallest absolute Gasteiger partial charge is 0.228 e. The predicted octanol–water partition coefficient (Wildman–Crippen LogP) is 5.94. The second-order valence-electron chi connectivity index (χ2n) is 16.1. The van der Waals surface area contributed by atoms with Crippen LogP contribution in [0, 0.1) is 28.4 Å². The number of halogens is 2. The molecule has 0 radical (unpaired) electrons. The number of amides is 2. The van der Waals surface area contributed by atoms with Gasteiger partial charge in [0.1, 0.15) is 11.6 Å². The van der Waals surface area contributed by atoms with Crippen molar-refractivity contribution in [3.05, 3.63) is 35.4 Å². The van der Waals surface area contributed by atoms with E-state index in [-0.39, 0.29) is 46.9 Å². The predicted molar refractivity (Wildman–Crippen MR) is 164 cm³/mol. The Morgan fingerprint density at radius 2 is 1.62 bits per heavy atom. The van der Waals surface area contributed by atoms with Gasteiger partial charge in [0.05, 0.1) is 12.0 Å². The maximum atomic E-state index is 15.1. The molecular formula is C34H54F2N4O2. The summed E-state index contributed by atoms with van der Waals surface area (Å²) in [7, 11) is 0. The van der Waals surface area contributed by atoms with Crippen LogP contribution in [-0.4, -0.2) is 75.9 Å². The first-order valence-corrected chi connectivity index (χ1v) is 15.9. The van der Waals surface area contributed by atoms with E-state index in [0.29, 0.717) is 31.6 Å². The first kappa shape index (κ1) is 32.8. The molecule has 0 bridgehead atoms. The Kier molecular flexibility index (Phi) is 9.22. The molecule has 0 aromatic heterocycles. The highest BCUT2D eigenvalue weighted by atomic mass is 19.1. The molecule has 1 aliphatic carbocycles. The van der Waals surface area contributed by atoms with Gasteiger partial charge in [0.2, 0.25) is 11.8 Å². The average molecular weight is 589 g/mol. The molecule has 5 atom stereocenters. The van der Waals surface area contributed by atoms with Gasteiger partial charge in [-0.1, -0.05) is 40.7 Å². The molecular weight excluding hydrogens is 534 g/mol. The second kappa shape index (κ2) is 11.8. The number of rotatable bonds is 5. The van der Waals surface area contributed by atoms with Gasteiger partial charge in [-0.3, -0.25) is 14.5 Å². The van der Waals surface area contributed by atoms with Gasteiger partial charge in [0.15, 0.2) is 0 Å². The summed E-state index contributed by atoms with van der Waals surface area (Å²) in [4.78, 5) is 34.8. The Balaban J connectivity index is 1.66. The first-order valence-electron chi connectivity index (χ1n) is 15.9. The van der Waals surface area contributed by atoms with Gasteiger partial charge in [-0.2, -0.15) is 0 Å². The maximum Gasteiger partial charge on any atom is 0.228 e. The van der Waals surface area contributed by atoms with Crippen molar-refractivity contribution < 1.29 is 18.4 Å². The molecule has 0 spiro atoms. The van der Waals surface area contributed by atoms with E-state index >= 15 is 4.39 Å². The van der Waals surface area contributed by atoms with Crippen molar-refractivity contribution in [2.75, 3.05) is 19.6 Å². The van der Waals surface area contributed by atoms with Crippen LogP contribution in [0.5, 0.6) is 0 Å². The molecule has 1 aromatic rings. The van der Waals surface area contributed by atoms with Crippen molar-refractivity contribution in [1.82, 2.24) is 14.7 Å². The Morgan fingerprint density at radius 3 is 2.14 bits per heavy atom. The summed E-state index contributed by atoms with van der Waals surface area (Å²) in [5.74, 6) is -2.06. The fourth-order valence-corrected chi connectivity index (χ4v) is 7.41. The average Bonchev–Trinajstić information content (AvgIpc) is 3.50. The van der Waals surface area contributed by atoms with Crippen molar-refractivity contribution in [1.29, 1.82) is 0 Å². The van der Waals surface area contributed by atoms with Gasteiger partial charge in [0.25, 0.3) is 0 Å². The van der Waals surface area contributed by atoms with Crippen LogP contribution in [-0.2, 0) is 9.59 Å². The zero-order chi connectivity index (χ0) is 31.4. The topological polar surface area (TPSA) is 69.9 Å². The molecule has 8 heteroatoms. The molecule has 6 nitrogen and oxygen atoms in total. The number of carbonyl (C=O) groups excluding carboxylic acids is 2. The fourth-order valence-electron chi connectivity index (χ4n) is 7.41. The van der Waals surface area contributed by atoms with E-state index in [2.05, 4.69) is 44.4 Å². The van der Waals surface area contributed by atoms with Crippen LogP contribution in [0.2, 0.25) is 0 Å². The van der Waals surface area contributed by atoms with Gasteiger partial charge in [-0.25, -0.2) is 8.78 Å². The standard InChI is InChI=1S/C34H54F2N4O2/c1-21(37)29-17-24(40(31(42)32(2,3)4)23-12-14-34(8,9)15-13-23)18-39(29)30(41)27-20-38(33(5,6)7)19-26(27)25-11-10-22(35)16-28(25)36/h10-11,16,21,23-24,26-27,29H,12-15,17-20,37H2,1-9H3/t21?,24-,26-,27+,29-/m0/s1. The molecule has 3 fully saturated rings. The number of benzene rings is 1.